The molecule has 0 spiro atoms. The highest BCUT2D eigenvalue weighted by molar-refractivity contribution is 9.10. The Morgan fingerprint density at radius 3 is 2.41 bits per heavy atom. The van der Waals surface area contributed by atoms with Crippen LogP contribution < -0.4 is 15.8 Å². The van der Waals surface area contributed by atoms with Gasteiger partial charge in [0.25, 0.3) is 5.56 Å². The number of rotatable bonds is 5. The van der Waals surface area contributed by atoms with Gasteiger partial charge in [-0.25, -0.2) is 0 Å². The fraction of sp³-hybridized carbons (Fsp3) is 0.316. The second-order valence-corrected chi connectivity index (χ2v) is 7.21. The van der Waals surface area contributed by atoms with E-state index in [0.29, 0.717) is 17.6 Å². The van der Waals surface area contributed by atoms with E-state index in [0.717, 1.165) is 18.8 Å². The molecular weight excluding hydrogens is 412 g/mol. The third-order valence-electron chi connectivity index (χ3n) is 4.45. The lowest BCUT2D eigenvalue weighted by Crippen LogP contribution is -2.51. The molecule has 1 aliphatic heterocycles. The number of hydrogen-bond acceptors (Lipinski definition) is 4. The molecule has 0 atom stereocenters. The van der Waals surface area contributed by atoms with E-state index in [1.165, 1.54) is 10.6 Å². The molecule has 2 amide bonds. The average Bonchev–Trinajstić information content (AvgIpc) is 2.70. The molecule has 1 saturated heterocycles. The van der Waals surface area contributed by atoms with Crippen molar-refractivity contribution < 1.29 is 9.59 Å². The van der Waals surface area contributed by atoms with Gasteiger partial charge in [0.15, 0.2) is 0 Å². The summed E-state index contributed by atoms with van der Waals surface area (Å²) < 4.78 is 2.00. The minimum Gasteiger partial charge on any atom is -0.368 e. The Morgan fingerprint density at radius 2 is 1.70 bits per heavy atom. The Hall–Kier alpha value is -2.61. The van der Waals surface area contributed by atoms with Crippen LogP contribution >= 0.6 is 15.9 Å². The lowest BCUT2D eigenvalue weighted by atomic mass is 10.2. The highest BCUT2D eigenvalue weighted by Crippen LogP contribution is 2.15. The zero-order chi connectivity index (χ0) is 19.2. The molecular formula is C19H21BrN4O3. The predicted molar refractivity (Wildman–Crippen MR) is 107 cm³/mol. The first-order valence-electron chi connectivity index (χ1n) is 8.73. The zero-order valence-electron chi connectivity index (χ0n) is 14.8. The second-order valence-electron chi connectivity index (χ2n) is 6.29. The fourth-order valence-electron chi connectivity index (χ4n) is 2.98. The van der Waals surface area contributed by atoms with Crippen molar-refractivity contribution in [2.45, 2.75) is 6.54 Å². The summed E-state index contributed by atoms with van der Waals surface area (Å²) in [7, 11) is 0. The van der Waals surface area contributed by atoms with Crippen LogP contribution in [0.5, 0.6) is 0 Å². The number of nitrogens with zero attached hydrogens (tertiary/aromatic N) is 3. The number of hydrogen-bond donors (Lipinski definition) is 1. The number of halogens is 1. The van der Waals surface area contributed by atoms with Gasteiger partial charge in [-0.05, 0) is 34.1 Å². The van der Waals surface area contributed by atoms with Gasteiger partial charge in [-0.3, -0.25) is 14.4 Å². The number of benzene rings is 1. The van der Waals surface area contributed by atoms with E-state index in [1.807, 2.05) is 18.2 Å². The number of para-hydroxylation sites is 1. The van der Waals surface area contributed by atoms with E-state index in [9.17, 15) is 14.4 Å². The zero-order valence-corrected chi connectivity index (χ0v) is 16.4. The third kappa shape index (κ3) is 5.19. The lowest BCUT2D eigenvalue weighted by Gasteiger charge is -2.36. The molecule has 8 heteroatoms. The highest BCUT2D eigenvalue weighted by Gasteiger charge is 2.21. The molecule has 2 heterocycles. The summed E-state index contributed by atoms with van der Waals surface area (Å²) >= 11 is 3.27. The molecule has 0 unspecified atom stereocenters. The van der Waals surface area contributed by atoms with Crippen LogP contribution in [0, 0.1) is 0 Å². The molecule has 0 radical (unpaired) electrons. The first kappa shape index (κ1) is 19.2. The van der Waals surface area contributed by atoms with Crippen LogP contribution in [0.1, 0.15) is 0 Å². The number of amides is 2. The monoisotopic (exact) mass is 432 g/mol. The van der Waals surface area contributed by atoms with Crippen molar-refractivity contribution in [3.05, 3.63) is 63.5 Å². The van der Waals surface area contributed by atoms with Crippen molar-refractivity contribution >= 4 is 33.4 Å². The normalized spacial score (nSPS) is 14.1. The summed E-state index contributed by atoms with van der Waals surface area (Å²) in [6, 6.07) is 13.1. The number of carbonyl (C=O) groups excluding carboxylic acids is 2. The summed E-state index contributed by atoms with van der Waals surface area (Å²) in [6.07, 6.45) is 1.55. The van der Waals surface area contributed by atoms with Crippen LogP contribution in [0.3, 0.4) is 0 Å². The molecule has 1 aromatic carbocycles. The Kier molecular flexibility index (Phi) is 6.28. The minimum atomic E-state index is -0.369. The van der Waals surface area contributed by atoms with Crippen LogP contribution in [0.15, 0.2) is 57.9 Å². The summed E-state index contributed by atoms with van der Waals surface area (Å²) in [5, 5.41) is 2.60. The SMILES string of the molecule is O=C(Cn1cc(Br)ccc1=O)NCC(=O)N1CCN(c2ccccc2)CC1. The van der Waals surface area contributed by atoms with E-state index in [4.69, 9.17) is 0 Å². The maximum absolute atomic E-state index is 12.3. The van der Waals surface area contributed by atoms with Crippen LogP contribution in [0.2, 0.25) is 0 Å². The molecule has 1 N–H and O–H groups in total. The van der Waals surface area contributed by atoms with E-state index >= 15 is 0 Å². The van der Waals surface area contributed by atoms with Gasteiger partial charge in [0.05, 0.1) is 6.54 Å². The quantitative estimate of drug-likeness (QED) is 0.766. The molecule has 0 aliphatic carbocycles. The minimum absolute atomic E-state index is 0.0626. The first-order valence-corrected chi connectivity index (χ1v) is 9.53. The van der Waals surface area contributed by atoms with Crippen molar-refractivity contribution in [1.82, 2.24) is 14.8 Å². The second kappa shape index (κ2) is 8.85. The number of carbonyl (C=O) groups is 2. The van der Waals surface area contributed by atoms with Gasteiger partial charge in [0.1, 0.15) is 6.54 Å². The van der Waals surface area contributed by atoms with E-state index in [-0.39, 0.29) is 30.5 Å². The van der Waals surface area contributed by atoms with Crippen LogP contribution in [-0.4, -0.2) is 54.0 Å². The Bertz CT molecular complexity index is 861. The number of anilines is 1. The molecule has 2 aromatic rings. The molecule has 142 valence electrons. The van der Waals surface area contributed by atoms with Gasteiger partial charge in [-0.15, -0.1) is 0 Å². The topological polar surface area (TPSA) is 74.6 Å². The molecule has 1 fully saturated rings. The Balaban J connectivity index is 1.45. The summed E-state index contributed by atoms with van der Waals surface area (Å²) in [5.41, 5.74) is 0.883. The number of piperazine rings is 1. The van der Waals surface area contributed by atoms with Gasteiger partial charge in [-0.2, -0.15) is 0 Å². The van der Waals surface area contributed by atoms with E-state index in [2.05, 4.69) is 38.3 Å². The largest absolute Gasteiger partial charge is 0.368 e. The molecule has 3 rings (SSSR count). The molecule has 1 aliphatic rings. The van der Waals surface area contributed by atoms with Crippen molar-refractivity contribution in [3.63, 3.8) is 0 Å². The highest BCUT2D eigenvalue weighted by atomic mass is 79.9. The van der Waals surface area contributed by atoms with Gasteiger partial charge in [0.2, 0.25) is 11.8 Å². The molecule has 0 saturated carbocycles. The summed E-state index contributed by atoms with van der Waals surface area (Å²) in [5.74, 6) is -0.482. The standard InChI is InChI=1S/C19H21BrN4O3/c20-15-6-7-18(26)24(13-15)14-17(25)21-12-19(27)23-10-8-22(9-11-23)16-4-2-1-3-5-16/h1-7,13H,8-12,14H2,(H,21,25). The van der Waals surface area contributed by atoms with Crippen molar-refractivity contribution in [2.75, 3.05) is 37.6 Å². The molecule has 1 aromatic heterocycles. The van der Waals surface area contributed by atoms with Gasteiger partial charge < -0.3 is 19.7 Å². The smallest absolute Gasteiger partial charge is 0.251 e. The van der Waals surface area contributed by atoms with Gasteiger partial charge in [0, 0.05) is 48.6 Å². The van der Waals surface area contributed by atoms with Crippen molar-refractivity contribution in [3.8, 4) is 0 Å². The number of pyridine rings is 1. The molecule has 7 nitrogen and oxygen atoms in total. The number of aromatic nitrogens is 1. The van der Waals surface area contributed by atoms with E-state index in [1.54, 1.807) is 17.2 Å². The van der Waals surface area contributed by atoms with Crippen LogP contribution in [0.25, 0.3) is 0 Å². The average molecular weight is 433 g/mol. The molecule has 0 bridgehead atoms. The maximum Gasteiger partial charge on any atom is 0.251 e. The third-order valence-corrected chi connectivity index (χ3v) is 4.92. The summed E-state index contributed by atoms with van der Waals surface area (Å²) in [4.78, 5) is 40.1. The number of nitrogens with one attached hydrogen (secondary N) is 1. The lowest BCUT2D eigenvalue weighted by molar-refractivity contribution is -0.133. The van der Waals surface area contributed by atoms with Crippen molar-refractivity contribution in [2.24, 2.45) is 0 Å². The van der Waals surface area contributed by atoms with Crippen LogP contribution in [0.4, 0.5) is 5.69 Å². The Morgan fingerprint density at radius 1 is 1.00 bits per heavy atom. The van der Waals surface area contributed by atoms with Gasteiger partial charge in [-0.1, -0.05) is 18.2 Å². The molecule has 27 heavy (non-hydrogen) atoms. The van der Waals surface area contributed by atoms with Crippen LogP contribution in [-0.2, 0) is 16.1 Å². The fourth-order valence-corrected chi connectivity index (χ4v) is 3.35. The summed E-state index contributed by atoms with van der Waals surface area (Å²) in [6.45, 7) is 2.58. The Labute approximate surface area is 165 Å². The maximum atomic E-state index is 12.3. The predicted octanol–water partition coefficient (Wildman–Crippen LogP) is 1.08. The van der Waals surface area contributed by atoms with Gasteiger partial charge >= 0.3 is 0 Å². The van der Waals surface area contributed by atoms with Crippen molar-refractivity contribution in [1.29, 1.82) is 0 Å². The van der Waals surface area contributed by atoms with E-state index < -0.39 is 0 Å². The first-order chi connectivity index (χ1) is 13.0.